The van der Waals surface area contributed by atoms with Crippen molar-refractivity contribution in [2.24, 2.45) is 5.92 Å². The number of unbranched alkanes of at least 4 members (excludes halogenated alkanes) is 2. The molecule has 26 heavy (non-hydrogen) atoms. The SMILES string of the molecule is CCCCCN1CC[C@@H](c2ccsc2)[C@H](COc2cccc(OC)c2)C1. The smallest absolute Gasteiger partial charge is 0.122 e. The van der Waals surface area contributed by atoms with Crippen molar-refractivity contribution in [3.63, 3.8) is 0 Å². The second-order valence-electron chi connectivity index (χ2n) is 7.21. The predicted octanol–water partition coefficient (Wildman–Crippen LogP) is 5.43. The minimum atomic E-state index is 0.533. The van der Waals surface area contributed by atoms with Crippen LogP contribution in [0.25, 0.3) is 0 Å². The number of likely N-dealkylation sites (tertiary alicyclic amines) is 1. The Balaban J connectivity index is 1.63. The highest BCUT2D eigenvalue weighted by molar-refractivity contribution is 7.07. The van der Waals surface area contributed by atoms with Crippen LogP contribution in [0.1, 0.15) is 44.1 Å². The summed E-state index contributed by atoms with van der Waals surface area (Å²) >= 11 is 1.80. The highest BCUT2D eigenvalue weighted by Gasteiger charge is 2.31. The standard InChI is InChI=1S/C22H31NO2S/c1-3-4-5-11-23-12-9-22(18-10-13-26-17-18)19(15-23)16-25-21-8-6-7-20(14-21)24-2/h6-8,10,13-14,17,19,22H,3-5,9,11-12,15-16H2,1-2H3/t19-,22-/m0/s1. The molecule has 1 aliphatic rings. The van der Waals surface area contributed by atoms with Crippen molar-refractivity contribution in [1.82, 2.24) is 4.90 Å². The van der Waals surface area contributed by atoms with Gasteiger partial charge in [0.2, 0.25) is 0 Å². The number of nitrogens with zero attached hydrogens (tertiary/aromatic N) is 1. The molecule has 2 heterocycles. The lowest BCUT2D eigenvalue weighted by atomic mass is 9.82. The fraction of sp³-hybridized carbons (Fsp3) is 0.545. The minimum absolute atomic E-state index is 0.533. The summed E-state index contributed by atoms with van der Waals surface area (Å²) in [5.41, 5.74) is 1.49. The van der Waals surface area contributed by atoms with E-state index in [1.54, 1.807) is 18.4 Å². The first-order chi connectivity index (χ1) is 12.8. The number of hydrogen-bond acceptors (Lipinski definition) is 4. The molecule has 2 atom stereocenters. The van der Waals surface area contributed by atoms with E-state index in [2.05, 4.69) is 28.7 Å². The average molecular weight is 374 g/mol. The molecular formula is C22H31NO2S. The van der Waals surface area contributed by atoms with Gasteiger partial charge in [0.15, 0.2) is 0 Å². The van der Waals surface area contributed by atoms with Crippen molar-refractivity contribution in [1.29, 1.82) is 0 Å². The van der Waals surface area contributed by atoms with Crippen LogP contribution in [0.4, 0.5) is 0 Å². The third kappa shape index (κ3) is 5.24. The third-order valence-corrected chi connectivity index (χ3v) is 6.07. The molecule has 1 aromatic heterocycles. The molecule has 1 aromatic carbocycles. The molecule has 0 bridgehead atoms. The maximum atomic E-state index is 6.19. The zero-order chi connectivity index (χ0) is 18.2. The van der Waals surface area contributed by atoms with Gasteiger partial charge in [-0.1, -0.05) is 25.8 Å². The number of thiophene rings is 1. The molecule has 1 saturated heterocycles. The van der Waals surface area contributed by atoms with Gasteiger partial charge in [-0.25, -0.2) is 0 Å². The van der Waals surface area contributed by atoms with E-state index in [4.69, 9.17) is 9.47 Å². The minimum Gasteiger partial charge on any atom is -0.497 e. The summed E-state index contributed by atoms with van der Waals surface area (Å²) in [6.07, 6.45) is 5.15. The summed E-state index contributed by atoms with van der Waals surface area (Å²) in [6, 6.07) is 10.2. The molecule has 0 unspecified atom stereocenters. The van der Waals surface area contributed by atoms with Gasteiger partial charge in [-0.2, -0.15) is 11.3 Å². The third-order valence-electron chi connectivity index (χ3n) is 5.37. The van der Waals surface area contributed by atoms with Crippen LogP contribution in [-0.4, -0.2) is 38.3 Å². The molecule has 0 aliphatic carbocycles. The Morgan fingerprint density at radius 3 is 2.85 bits per heavy atom. The van der Waals surface area contributed by atoms with E-state index >= 15 is 0 Å². The molecule has 142 valence electrons. The van der Waals surface area contributed by atoms with E-state index in [1.165, 1.54) is 44.3 Å². The normalized spacial score (nSPS) is 20.8. The lowest BCUT2D eigenvalue weighted by Gasteiger charge is -2.38. The highest BCUT2D eigenvalue weighted by atomic mass is 32.1. The van der Waals surface area contributed by atoms with E-state index in [0.29, 0.717) is 11.8 Å². The first-order valence-electron chi connectivity index (χ1n) is 9.81. The van der Waals surface area contributed by atoms with Crippen LogP contribution in [0.3, 0.4) is 0 Å². The number of benzene rings is 1. The van der Waals surface area contributed by atoms with Crippen molar-refractivity contribution < 1.29 is 9.47 Å². The fourth-order valence-electron chi connectivity index (χ4n) is 3.88. The maximum absolute atomic E-state index is 6.19. The first-order valence-corrected chi connectivity index (χ1v) is 10.8. The van der Waals surface area contributed by atoms with Crippen LogP contribution in [0.5, 0.6) is 11.5 Å². The quantitative estimate of drug-likeness (QED) is 0.547. The Labute approximate surface area is 161 Å². The van der Waals surface area contributed by atoms with Crippen molar-refractivity contribution in [3.8, 4) is 11.5 Å². The molecule has 1 aliphatic heterocycles. The average Bonchev–Trinajstić information content (AvgIpc) is 3.21. The Morgan fingerprint density at radius 1 is 1.19 bits per heavy atom. The molecule has 0 saturated carbocycles. The number of rotatable bonds is 9. The van der Waals surface area contributed by atoms with Crippen LogP contribution in [0, 0.1) is 5.92 Å². The lowest BCUT2D eigenvalue weighted by molar-refractivity contribution is 0.110. The van der Waals surface area contributed by atoms with E-state index in [9.17, 15) is 0 Å². The van der Waals surface area contributed by atoms with Crippen molar-refractivity contribution in [3.05, 3.63) is 46.7 Å². The molecule has 4 heteroatoms. The number of hydrogen-bond donors (Lipinski definition) is 0. The fourth-order valence-corrected chi connectivity index (χ4v) is 4.61. The zero-order valence-electron chi connectivity index (χ0n) is 16.0. The van der Waals surface area contributed by atoms with Gasteiger partial charge in [0.25, 0.3) is 0 Å². The molecule has 0 amide bonds. The molecule has 3 rings (SSSR count). The van der Waals surface area contributed by atoms with Crippen LogP contribution < -0.4 is 9.47 Å². The maximum Gasteiger partial charge on any atom is 0.122 e. The molecule has 0 spiro atoms. The van der Waals surface area contributed by atoms with Crippen LogP contribution >= 0.6 is 11.3 Å². The predicted molar refractivity (Wildman–Crippen MR) is 110 cm³/mol. The van der Waals surface area contributed by atoms with E-state index in [-0.39, 0.29) is 0 Å². The van der Waals surface area contributed by atoms with Gasteiger partial charge in [0.1, 0.15) is 11.5 Å². The van der Waals surface area contributed by atoms with Gasteiger partial charge in [-0.15, -0.1) is 0 Å². The van der Waals surface area contributed by atoms with Gasteiger partial charge in [-0.3, -0.25) is 0 Å². The van der Waals surface area contributed by atoms with Gasteiger partial charge < -0.3 is 14.4 Å². The number of ether oxygens (including phenoxy) is 2. The summed E-state index contributed by atoms with van der Waals surface area (Å²) in [5, 5.41) is 4.51. The van der Waals surface area contributed by atoms with Crippen molar-refractivity contribution >= 4 is 11.3 Å². The largest absolute Gasteiger partial charge is 0.497 e. The van der Waals surface area contributed by atoms with E-state index < -0.39 is 0 Å². The Morgan fingerprint density at radius 2 is 2.08 bits per heavy atom. The van der Waals surface area contributed by atoms with Crippen LogP contribution in [-0.2, 0) is 0 Å². The van der Waals surface area contributed by atoms with E-state index in [1.807, 2.05) is 24.3 Å². The molecule has 1 fully saturated rings. The topological polar surface area (TPSA) is 21.7 Å². The molecule has 2 aromatic rings. The number of methoxy groups -OCH3 is 1. The Kier molecular flexibility index (Phi) is 7.39. The summed E-state index contributed by atoms with van der Waals surface area (Å²) in [4.78, 5) is 2.64. The van der Waals surface area contributed by atoms with Crippen molar-refractivity contribution in [2.75, 3.05) is 33.4 Å². The molecule has 0 radical (unpaired) electrons. The van der Waals surface area contributed by atoms with Crippen molar-refractivity contribution in [2.45, 2.75) is 38.5 Å². The van der Waals surface area contributed by atoms with E-state index in [0.717, 1.165) is 24.7 Å². The Bertz CT molecular complexity index is 643. The summed E-state index contributed by atoms with van der Waals surface area (Å²) in [7, 11) is 1.70. The van der Waals surface area contributed by atoms with Gasteiger partial charge in [0, 0.05) is 18.5 Å². The van der Waals surface area contributed by atoms with Crippen LogP contribution in [0.2, 0.25) is 0 Å². The second-order valence-corrected chi connectivity index (χ2v) is 7.99. The molecular weight excluding hydrogens is 342 g/mol. The van der Waals surface area contributed by atoms with Gasteiger partial charge in [-0.05, 0) is 66.4 Å². The van der Waals surface area contributed by atoms with Crippen LogP contribution in [0.15, 0.2) is 41.1 Å². The molecule has 0 N–H and O–H groups in total. The number of piperidine rings is 1. The summed E-state index contributed by atoms with van der Waals surface area (Å²) < 4.78 is 11.5. The zero-order valence-corrected chi connectivity index (χ0v) is 16.8. The highest BCUT2D eigenvalue weighted by Crippen LogP contribution is 2.35. The first kappa shape index (κ1) is 19.2. The summed E-state index contributed by atoms with van der Waals surface area (Å²) in [5.74, 6) is 2.89. The monoisotopic (exact) mass is 373 g/mol. The second kappa shape index (κ2) is 9.98. The van der Waals surface area contributed by atoms with Gasteiger partial charge >= 0.3 is 0 Å². The summed E-state index contributed by atoms with van der Waals surface area (Å²) in [6.45, 7) is 6.60. The molecule has 3 nitrogen and oxygen atoms in total. The Hall–Kier alpha value is -1.52. The van der Waals surface area contributed by atoms with Gasteiger partial charge in [0.05, 0.1) is 13.7 Å². The lowest BCUT2D eigenvalue weighted by Crippen LogP contribution is -2.42.